The summed E-state index contributed by atoms with van der Waals surface area (Å²) in [6.45, 7) is 0.920. The Hall–Kier alpha value is -4.31. The highest BCUT2D eigenvalue weighted by molar-refractivity contribution is 7.99. The normalized spacial score (nSPS) is 10.9. The third kappa shape index (κ3) is 7.08. The molecule has 0 radical (unpaired) electrons. The van der Waals surface area contributed by atoms with E-state index in [1.165, 1.54) is 16.4 Å². The summed E-state index contributed by atoms with van der Waals surface area (Å²) in [6, 6.07) is 27.2. The number of hydrazone groups is 1. The Morgan fingerprint density at radius 3 is 2.43 bits per heavy atom. The number of hydrogen-bond acceptors (Lipinski definition) is 8. The van der Waals surface area contributed by atoms with Gasteiger partial charge in [0.15, 0.2) is 0 Å². The number of ether oxygens (including phenoxy) is 1. The zero-order valence-electron chi connectivity index (χ0n) is 18.9. The first-order chi connectivity index (χ1) is 17.2. The van der Waals surface area contributed by atoms with Crippen LogP contribution < -0.4 is 21.3 Å². The fourth-order valence-electron chi connectivity index (χ4n) is 3.04. The summed E-state index contributed by atoms with van der Waals surface area (Å²) in [5, 5.41) is 15.5. The van der Waals surface area contributed by atoms with Gasteiger partial charge in [-0.25, -0.2) is 10.1 Å². The lowest BCUT2D eigenvalue weighted by atomic mass is 10.2. The molecule has 0 aliphatic carbocycles. The van der Waals surface area contributed by atoms with Crippen LogP contribution in [-0.4, -0.2) is 32.7 Å². The number of anilines is 1. The molecule has 0 aliphatic heterocycles. The van der Waals surface area contributed by atoms with Crippen LogP contribution in [0.5, 0.6) is 5.75 Å². The molecule has 0 fully saturated rings. The van der Waals surface area contributed by atoms with E-state index in [2.05, 4.69) is 26.0 Å². The van der Waals surface area contributed by atoms with Crippen LogP contribution in [0, 0.1) is 0 Å². The number of carbonyl (C=O) groups is 1. The van der Waals surface area contributed by atoms with Crippen LogP contribution in [0.3, 0.4) is 0 Å². The SMILES string of the molecule is Nn1c(N/N=C/c2ccccc2OCc2ccccc2)nnc1SCC(=O)NCc1ccccc1. The summed E-state index contributed by atoms with van der Waals surface area (Å²) in [5.41, 5.74) is 5.68. The Balaban J connectivity index is 1.28. The van der Waals surface area contributed by atoms with Crippen molar-refractivity contribution in [2.75, 3.05) is 17.0 Å². The summed E-state index contributed by atoms with van der Waals surface area (Å²) in [6.07, 6.45) is 1.62. The van der Waals surface area contributed by atoms with Crippen LogP contribution in [-0.2, 0) is 17.9 Å². The van der Waals surface area contributed by atoms with Gasteiger partial charge in [-0.1, -0.05) is 84.6 Å². The van der Waals surface area contributed by atoms with Crippen LogP contribution >= 0.6 is 11.8 Å². The van der Waals surface area contributed by atoms with E-state index in [0.717, 1.165) is 16.7 Å². The third-order valence-corrected chi connectivity index (χ3v) is 5.80. The second-order valence-corrected chi connectivity index (χ2v) is 8.35. The van der Waals surface area contributed by atoms with Gasteiger partial charge in [-0.3, -0.25) is 4.79 Å². The molecule has 3 aromatic carbocycles. The molecule has 0 spiro atoms. The molecule has 0 saturated heterocycles. The highest BCUT2D eigenvalue weighted by atomic mass is 32.2. The molecule has 178 valence electrons. The minimum absolute atomic E-state index is 0.124. The molecule has 4 rings (SSSR count). The molecule has 1 amide bonds. The number of benzene rings is 3. The predicted molar refractivity (Wildman–Crippen MR) is 138 cm³/mol. The molecule has 0 aliphatic rings. The van der Waals surface area contributed by atoms with Crippen molar-refractivity contribution in [3.63, 3.8) is 0 Å². The zero-order chi connectivity index (χ0) is 24.3. The second-order valence-electron chi connectivity index (χ2n) is 7.41. The highest BCUT2D eigenvalue weighted by Gasteiger charge is 2.12. The molecule has 0 unspecified atom stereocenters. The number of aromatic nitrogens is 3. The largest absolute Gasteiger partial charge is 0.488 e. The van der Waals surface area contributed by atoms with Crippen LogP contribution in [0.25, 0.3) is 0 Å². The van der Waals surface area contributed by atoms with Crippen molar-refractivity contribution >= 4 is 29.8 Å². The smallest absolute Gasteiger partial charge is 0.264 e. The Morgan fingerprint density at radius 2 is 1.66 bits per heavy atom. The van der Waals surface area contributed by atoms with Crippen molar-refractivity contribution in [1.82, 2.24) is 20.2 Å². The molecule has 0 saturated carbocycles. The van der Waals surface area contributed by atoms with E-state index in [0.29, 0.717) is 24.1 Å². The maximum atomic E-state index is 12.1. The average molecular weight is 488 g/mol. The molecule has 4 aromatic rings. The number of nitrogens with one attached hydrogen (secondary N) is 2. The van der Waals surface area contributed by atoms with Crippen LogP contribution in [0.4, 0.5) is 5.95 Å². The van der Waals surface area contributed by atoms with Crippen molar-refractivity contribution in [3.8, 4) is 5.75 Å². The third-order valence-electron chi connectivity index (χ3n) is 4.85. The molecular formula is C25H25N7O2S. The monoisotopic (exact) mass is 487 g/mol. The zero-order valence-corrected chi connectivity index (χ0v) is 19.7. The highest BCUT2D eigenvalue weighted by Crippen LogP contribution is 2.19. The lowest BCUT2D eigenvalue weighted by molar-refractivity contribution is -0.118. The number of nitrogens with two attached hydrogens (primary N) is 1. The maximum absolute atomic E-state index is 12.1. The summed E-state index contributed by atoms with van der Waals surface area (Å²) < 4.78 is 7.19. The van der Waals surface area contributed by atoms with Gasteiger partial charge in [0.1, 0.15) is 12.4 Å². The molecular weight excluding hydrogens is 462 g/mol. The summed E-state index contributed by atoms with van der Waals surface area (Å²) in [4.78, 5) is 12.1. The first kappa shape index (κ1) is 23.8. The van der Waals surface area contributed by atoms with Gasteiger partial charge in [-0.05, 0) is 23.3 Å². The van der Waals surface area contributed by atoms with Gasteiger partial charge in [0.2, 0.25) is 11.1 Å². The van der Waals surface area contributed by atoms with Crippen molar-refractivity contribution in [3.05, 3.63) is 102 Å². The summed E-state index contributed by atoms with van der Waals surface area (Å²) in [7, 11) is 0. The molecule has 9 nitrogen and oxygen atoms in total. The Morgan fingerprint density at radius 1 is 0.971 bits per heavy atom. The molecule has 1 aromatic heterocycles. The van der Waals surface area contributed by atoms with Gasteiger partial charge in [-0.2, -0.15) is 5.10 Å². The molecule has 0 bridgehead atoms. The van der Waals surface area contributed by atoms with Crippen molar-refractivity contribution in [2.24, 2.45) is 5.10 Å². The molecule has 10 heteroatoms. The van der Waals surface area contributed by atoms with E-state index in [9.17, 15) is 4.79 Å². The number of rotatable bonds is 11. The van der Waals surface area contributed by atoms with Gasteiger partial charge in [-0.15, -0.1) is 10.2 Å². The number of amides is 1. The lowest BCUT2D eigenvalue weighted by Crippen LogP contribution is -2.25. The second kappa shape index (κ2) is 12.2. The minimum Gasteiger partial charge on any atom is -0.488 e. The minimum atomic E-state index is -0.124. The van der Waals surface area contributed by atoms with Crippen molar-refractivity contribution in [2.45, 2.75) is 18.3 Å². The van der Waals surface area contributed by atoms with Crippen LogP contribution in [0.2, 0.25) is 0 Å². The van der Waals surface area contributed by atoms with Gasteiger partial charge in [0, 0.05) is 12.1 Å². The van der Waals surface area contributed by atoms with Crippen molar-refractivity contribution in [1.29, 1.82) is 0 Å². The molecule has 4 N–H and O–H groups in total. The van der Waals surface area contributed by atoms with Gasteiger partial charge >= 0.3 is 0 Å². The van der Waals surface area contributed by atoms with Crippen LogP contribution in [0.1, 0.15) is 16.7 Å². The molecule has 1 heterocycles. The Bertz CT molecular complexity index is 1260. The van der Waals surface area contributed by atoms with E-state index >= 15 is 0 Å². The molecule has 0 atom stereocenters. The fourth-order valence-corrected chi connectivity index (χ4v) is 3.73. The van der Waals surface area contributed by atoms with Crippen LogP contribution in [0.15, 0.2) is 95.2 Å². The maximum Gasteiger partial charge on any atom is 0.264 e. The van der Waals surface area contributed by atoms with Crippen molar-refractivity contribution < 1.29 is 9.53 Å². The number of nitrogen functional groups attached to an aromatic ring is 1. The lowest BCUT2D eigenvalue weighted by Gasteiger charge is -2.09. The Labute approximate surface area is 207 Å². The van der Waals surface area contributed by atoms with E-state index in [1.807, 2.05) is 84.9 Å². The van der Waals surface area contributed by atoms with Gasteiger partial charge in [0.25, 0.3) is 5.95 Å². The predicted octanol–water partition coefficient (Wildman–Crippen LogP) is 3.43. The van der Waals surface area contributed by atoms with Gasteiger partial charge < -0.3 is 15.9 Å². The Kier molecular flexibility index (Phi) is 8.33. The first-order valence-corrected chi connectivity index (χ1v) is 11.9. The fraction of sp³-hybridized carbons (Fsp3) is 0.120. The van der Waals surface area contributed by atoms with E-state index < -0.39 is 0 Å². The van der Waals surface area contributed by atoms with E-state index in [1.54, 1.807) is 6.21 Å². The topological polar surface area (TPSA) is 119 Å². The average Bonchev–Trinajstić information content (AvgIpc) is 3.26. The summed E-state index contributed by atoms with van der Waals surface area (Å²) in [5.74, 6) is 7.04. The number of thioether (sulfide) groups is 1. The summed E-state index contributed by atoms with van der Waals surface area (Å²) >= 11 is 1.19. The number of para-hydroxylation sites is 1. The first-order valence-electron chi connectivity index (χ1n) is 10.9. The van der Waals surface area contributed by atoms with E-state index in [-0.39, 0.29) is 17.6 Å². The molecule has 35 heavy (non-hydrogen) atoms. The standard InChI is InChI=1S/C25H25N7O2S/c26-32-24(30-31-25(32)35-18-23(33)27-15-19-9-3-1-4-10-19)29-28-16-21-13-7-8-14-22(21)34-17-20-11-5-2-6-12-20/h1-14,16H,15,17-18,26H2,(H,27,33)(H,29,30)/b28-16+. The number of carbonyl (C=O) groups excluding carboxylic acids is 1. The van der Waals surface area contributed by atoms with Gasteiger partial charge in [0.05, 0.1) is 12.0 Å². The van der Waals surface area contributed by atoms with E-state index in [4.69, 9.17) is 10.6 Å². The number of nitrogens with zero attached hydrogens (tertiary/aromatic N) is 4. The quantitative estimate of drug-likeness (QED) is 0.128. The number of hydrogen-bond donors (Lipinski definition) is 3.